The van der Waals surface area contributed by atoms with Crippen molar-refractivity contribution >= 4 is 0 Å². The molecule has 0 spiro atoms. The number of aliphatic hydroxyl groups is 8. The van der Waals surface area contributed by atoms with Gasteiger partial charge in [0.15, 0.2) is 6.29 Å². The Kier molecular flexibility index (Phi) is 8.18. The van der Waals surface area contributed by atoms with E-state index in [2.05, 4.69) is 0 Å². The normalized spacial score (nSPS) is 41.2. The van der Waals surface area contributed by atoms with E-state index < -0.39 is 74.6 Å². The molecule has 2 fully saturated rings. The summed E-state index contributed by atoms with van der Waals surface area (Å²) in [6, 6.07) is 6.43. The number of rotatable bonds is 7. The van der Waals surface area contributed by atoms with Gasteiger partial charge in [0.05, 0.1) is 19.8 Å². The van der Waals surface area contributed by atoms with Crippen molar-refractivity contribution in [2.45, 2.75) is 68.0 Å². The van der Waals surface area contributed by atoms with Crippen LogP contribution in [0.25, 0.3) is 0 Å². The van der Waals surface area contributed by atoms with E-state index in [1.807, 2.05) is 0 Å². The summed E-state index contributed by atoms with van der Waals surface area (Å²) in [7, 11) is 0. The molecule has 0 radical (unpaired) electrons. The van der Waals surface area contributed by atoms with Crippen LogP contribution in [0, 0.1) is 0 Å². The Labute approximate surface area is 177 Å². The molecule has 12 nitrogen and oxygen atoms in total. The van der Waals surface area contributed by atoms with Crippen molar-refractivity contribution in [3.8, 4) is 5.75 Å². The van der Waals surface area contributed by atoms with Crippen LogP contribution in [-0.4, -0.2) is 115 Å². The molecular weight excluding hydrogens is 420 g/mol. The van der Waals surface area contributed by atoms with Gasteiger partial charge in [-0.1, -0.05) is 18.2 Å². The molecule has 0 amide bonds. The van der Waals surface area contributed by atoms with Crippen LogP contribution in [0.5, 0.6) is 5.75 Å². The third-order valence-electron chi connectivity index (χ3n) is 5.35. The smallest absolute Gasteiger partial charge is 0.229 e. The number of aliphatic hydroxyl groups excluding tert-OH is 8. The SMILES string of the molecule is OCc1ccccc1O[C@H]1O[C@H](CO)[C@@H](O[C@H]2O[C@H](CO)[C@@H](O)[C@H](O)[C@H]2O)[C@H](O)[C@H]1O. The number of hydrogen-bond donors (Lipinski definition) is 8. The maximum absolute atomic E-state index is 10.6. The van der Waals surface area contributed by atoms with E-state index in [9.17, 15) is 40.9 Å². The molecule has 8 N–H and O–H groups in total. The second-order valence-electron chi connectivity index (χ2n) is 7.39. The predicted octanol–water partition coefficient (Wildman–Crippen LogP) is -3.82. The molecule has 0 unspecified atom stereocenters. The number of benzene rings is 1. The Bertz CT molecular complexity index is 700. The highest BCUT2D eigenvalue weighted by Crippen LogP contribution is 2.31. The van der Waals surface area contributed by atoms with Crippen molar-refractivity contribution in [3.63, 3.8) is 0 Å². The second-order valence-corrected chi connectivity index (χ2v) is 7.39. The lowest BCUT2D eigenvalue weighted by Gasteiger charge is -2.45. The van der Waals surface area contributed by atoms with E-state index in [0.717, 1.165) is 0 Å². The average Bonchev–Trinajstić information content (AvgIpc) is 2.78. The third kappa shape index (κ3) is 4.99. The molecule has 31 heavy (non-hydrogen) atoms. The number of ether oxygens (including phenoxy) is 4. The molecule has 2 saturated heterocycles. The molecule has 176 valence electrons. The van der Waals surface area contributed by atoms with E-state index in [0.29, 0.717) is 5.56 Å². The van der Waals surface area contributed by atoms with Gasteiger partial charge in [0.1, 0.15) is 54.6 Å². The summed E-state index contributed by atoms with van der Waals surface area (Å²) in [5.41, 5.74) is 0.410. The highest BCUT2D eigenvalue weighted by Gasteiger charge is 2.51. The van der Waals surface area contributed by atoms with Gasteiger partial charge >= 0.3 is 0 Å². The fourth-order valence-electron chi connectivity index (χ4n) is 3.53. The van der Waals surface area contributed by atoms with Crippen molar-refractivity contribution in [1.82, 2.24) is 0 Å². The van der Waals surface area contributed by atoms with Crippen LogP contribution in [0.2, 0.25) is 0 Å². The minimum absolute atomic E-state index is 0.200. The Morgan fingerprint density at radius 3 is 1.97 bits per heavy atom. The van der Waals surface area contributed by atoms with Gasteiger partial charge in [0.2, 0.25) is 6.29 Å². The third-order valence-corrected chi connectivity index (χ3v) is 5.35. The van der Waals surface area contributed by atoms with Crippen molar-refractivity contribution in [1.29, 1.82) is 0 Å². The summed E-state index contributed by atoms with van der Waals surface area (Å²) in [6.45, 7) is -1.69. The minimum atomic E-state index is -1.74. The quantitative estimate of drug-likeness (QED) is 0.203. The minimum Gasteiger partial charge on any atom is -0.462 e. The van der Waals surface area contributed by atoms with E-state index >= 15 is 0 Å². The molecule has 1 aromatic carbocycles. The molecule has 12 heteroatoms. The van der Waals surface area contributed by atoms with Gasteiger partial charge in [-0.25, -0.2) is 0 Å². The lowest BCUT2D eigenvalue weighted by Crippen LogP contribution is -2.65. The number of hydrogen-bond acceptors (Lipinski definition) is 12. The zero-order valence-electron chi connectivity index (χ0n) is 16.4. The van der Waals surface area contributed by atoms with Gasteiger partial charge in [-0.3, -0.25) is 0 Å². The molecule has 3 rings (SSSR count). The average molecular weight is 448 g/mol. The van der Waals surface area contributed by atoms with E-state index in [1.165, 1.54) is 6.07 Å². The zero-order chi connectivity index (χ0) is 22.7. The van der Waals surface area contributed by atoms with Crippen LogP contribution < -0.4 is 4.74 Å². The van der Waals surface area contributed by atoms with Crippen molar-refractivity contribution in [2.24, 2.45) is 0 Å². The molecule has 2 heterocycles. The Morgan fingerprint density at radius 2 is 1.32 bits per heavy atom. The first-order valence-electron chi connectivity index (χ1n) is 9.76. The largest absolute Gasteiger partial charge is 0.462 e. The fraction of sp³-hybridized carbons (Fsp3) is 0.684. The molecule has 2 aliphatic rings. The van der Waals surface area contributed by atoms with E-state index in [1.54, 1.807) is 18.2 Å². The standard InChI is InChI=1S/C19H28O12/c20-5-8-3-1-2-4-9(8)28-18-16(27)14(25)17(11(7-22)30-18)31-19-15(26)13(24)12(23)10(6-21)29-19/h1-4,10-27H,5-7H2/t10-,11-,12-,13+,14-,15-,16-,17-,18+,19-/m1/s1. The molecule has 0 aliphatic carbocycles. The molecule has 1 aromatic rings. The Morgan fingerprint density at radius 1 is 0.710 bits per heavy atom. The summed E-state index contributed by atoms with van der Waals surface area (Å²) in [4.78, 5) is 0. The van der Waals surface area contributed by atoms with Crippen LogP contribution in [0.3, 0.4) is 0 Å². The van der Waals surface area contributed by atoms with Gasteiger partial charge in [-0.05, 0) is 6.07 Å². The highest BCUT2D eigenvalue weighted by atomic mass is 16.7. The monoisotopic (exact) mass is 448 g/mol. The van der Waals surface area contributed by atoms with Gasteiger partial charge in [-0.2, -0.15) is 0 Å². The van der Waals surface area contributed by atoms with Crippen molar-refractivity contribution in [2.75, 3.05) is 13.2 Å². The summed E-state index contributed by atoms with van der Waals surface area (Å²) in [5, 5.41) is 79.3. The lowest BCUT2D eigenvalue weighted by molar-refractivity contribution is -0.352. The fourth-order valence-corrected chi connectivity index (χ4v) is 3.53. The van der Waals surface area contributed by atoms with Gasteiger partial charge in [0, 0.05) is 5.56 Å². The van der Waals surface area contributed by atoms with Crippen LogP contribution in [0.4, 0.5) is 0 Å². The van der Waals surface area contributed by atoms with Gasteiger partial charge in [-0.15, -0.1) is 0 Å². The zero-order valence-corrected chi connectivity index (χ0v) is 16.4. The Balaban J connectivity index is 1.73. The van der Waals surface area contributed by atoms with E-state index in [-0.39, 0.29) is 12.4 Å². The molecular formula is C19H28O12. The summed E-state index contributed by atoms with van der Waals surface area (Å²) in [6.07, 6.45) is -15.3. The van der Waals surface area contributed by atoms with Crippen LogP contribution in [0.15, 0.2) is 24.3 Å². The molecule has 2 aliphatic heterocycles. The highest BCUT2D eigenvalue weighted by molar-refractivity contribution is 5.32. The summed E-state index contributed by atoms with van der Waals surface area (Å²) < 4.78 is 21.8. The van der Waals surface area contributed by atoms with Crippen LogP contribution in [-0.2, 0) is 20.8 Å². The molecule has 0 bridgehead atoms. The summed E-state index contributed by atoms with van der Waals surface area (Å²) in [5.74, 6) is 0.200. The topological polar surface area (TPSA) is 199 Å². The first kappa shape index (κ1) is 24.2. The molecule has 10 atom stereocenters. The second kappa shape index (κ2) is 10.5. The van der Waals surface area contributed by atoms with Gasteiger partial charge < -0.3 is 59.8 Å². The first-order valence-corrected chi connectivity index (χ1v) is 9.76. The van der Waals surface area contributed by atoms with Crippen molar-refractivity contribution < 1.29 is 59.8 Å². The van der Waals surface area contributed by atoms with E-state index in [4.69, 9.17) is 18.9 Å². The van der Waals surface area contributed by atoms with Crippen LogP contribution >= 0.6 is 0 Å². The predicted molar refractivity (Wildman–Crippen MR) is 99.4 cm³/mol. The molecule has 0 aromatic heterocycles. The summed E-state index contributed by atoms with van der Waals surface area (Å²) >= 11 is 0. The number of para-hydroxylation sites is 1. The van der Waals surface area contributed by atoms with Crippen molar-refractivity contribution in [3.05, 3.63) is 29.8 Å². The Hall–Kier alpha value is -1.42. The first-order chi connectivity index (χ1) is 14.8. The lowest BCUT2D eigenvalue weighted by atomic mass is 9.97. The molecule has 0 saturated carbocycles. The maximum atomic E-state index is 10.6. The van der Waals surface area contributed by atoms with Crippen LogP contribution in [0.1, 0.15) is 5.56 Å². The maximum Gasteiger partial charge on any atom is 0.229 e. The van der Waals surface area contributed by atoms with Gasteiger partial charge in [0.25, 0.3) is 0 Å².